The molecule has 1 heterocycles. The summed E-state index contributed by atoms with van der Waals surface area (Å²) in [6.07, 6.45) is 3.02. The Labute approximate surface area is 133 Å². The van der Waals surface area contributed by atoms with Gasteiger partial charge in [0.25, 0.3) is 0 Å². The number of hydrogen-bond acceptors (Lipinski definition) is 4. The molecule has 2 rings (SSSR count). The van der Waals surface area contributed by atoms with Gasteiger partial charge in [0, 0.05) is 11.0 Å². The number of nitrogens with zero attached hydrogens (tertiary/aromatic N) is 1. The van der Waals surface area contributed by atoms with E-state index >= 15 is 0 Å². The molecule has 0 aliphatic rings. The predicted octanol–water partition coefficient (Wildman–Crippen LogP) is 2.66. The van der Waals surface area contributed by atoms with E-state index in [0.29, 0.717) is 5.56 Å². The second-order valence-electron chi connectivity index (χ2n) is 5.04. The Kier molecular flexibility index (Phi) is 5.10. The lowest BCUT2D eigenvalue weighted by atomic mass is 10.1. The molecule has 2 N–H and O–H groups in total. The van der Waals surface area contributed by atoms with E-state index in [-0.39, 0.29) is 12.5 Å². The van der Waals surface area contributed by atoms with Crippen LogP contribution in [0.2, 0.25) is 0 Å². The molecule has 112 valence electrons. The third-order valence-electron chi connectivity index (χ3n) is 3.10. The number of rotatable bonds is 5. The van der Waals surface area contributed by atoms with Crippen molar-refractivity contribution in [2.75, 3.05) is 6.54 Å². The van der Waals surface area contributed by atoms with Gasteiger partial charge in [0.2, 0.25) is 5.91 Å². The number of hydrogen-bond donors (Lipinski definition) is 2. The van der Waals surface area contributed by atoms with Gasteiger partial charge in [-0.05, 0) is 42.1 Å². The second-order valence-corrected chi connectivity index (χ2v) is 5.99. The van der Waals surface area contributed by atoms with Crippen molar-refractivity contribution in [1.29, 1.82) is 5.26 Å². The van der Waals surface area contributed by atoms with Gasteiger partial charge in [0.15, 0.2) is 0 Å². The molecule has 1 amide bonds. The highest BCUT2D eigenvalue weighted by atomic mass is 32.1. The average molecular weight is 312 g/mol. The first-order chi connectivity index (χ1) is 10.5. The summed E-state index contributed by atoms with van der Waals surface area (Å²) in [7, 11) is 0. The van der Waals surface area contributed by atoms with Crippen LogP contribution in [0.15, 0.2) is 47.9 Å². The van der Waals surface area contributed by atoms with Crippen molar-refractivity contribution in [3.8, 4) is 6.07 Å². The minimum absolute atomic E-state index is 0.134. The van der Waals surface area contributed by atoms with Crippen molar-refractivity contribution in [3.63, 3.8) is 0 Å². The van der Waals surface area contributed by atoms with Crippen LogP contribution in [0.3, 0.4) is 0 Å². The van der Waals surface area contributed by atoms with Gasteiger partial charge >= 0.3 is 0 Å². The molecule has 1 atom stereocenters. The van der Waals surface area contributed by atoms with Gasteiger partial charge in [-0.1, -0.05) is 18.2 Å². The quantitative estimate of drug-likeness (QED) is 0.834. The van der Waals surface area contributed by atoms with E-state index in [2.05, 4.69) is 5.32 Å². The zero-order valence-corrected chi connectivity index (χ0v) is 12.9. The van der Waals surface area contributed by atoms with Crippen LogP contribution in [0.25, 0.3) is 6.08 Å². The SMILES string of the molecule is C[C@](O)(CNC(=O)/C=C\c1cccc(C#N)c1)c1cccs1. The van der Waals surface area contributed by atoms with Crippen LogP contribution < -0.4 is 5.32 Å². The number of amides is 1. The number of carbonyl (C=O) groups is 1. The number of thiophene rings is 1. The third kappa shape index (κ3) is 4.29. The monoisotopic (exact) mass is 312 g/mol. The molecular weight excluding hydrogens is 296 g/mol. The Morgan fingerprint density at radius 1 is 1.45 bits per heavy atom. The Hall–Kier alpha value is -2.42. The van der Waals surface area contributed by atoms with Crippen molar-refractivity contribution in [1.82, 2.24) is 5.32 Å². The van der Waals surface area contributed by atoms with Gasteiger partial charge < -0.3 is 10.4 Å². The topological polar surface area (TPSA) is 73.1 Å². The van der Waals surface area contributed by atoms with Gasteiger partial charge in [-0.25, -0.2) is 0 Å². The summed E-state index contributed by atoms with van der Waals surface area (Å²) in [5, 5.41) is 23.7. The van der Waals surface area contributed by atoms with Gasteiger partial charge in [-0.3, -0.25) is 4.79 Å². The van der Waals surface area contributed by atoms with Crippen molar-refractivity contribution in [2.45, 2.75) is 12.5 Å². The zero-order valence-electron chi connectivity index (χ0n) is 12.1. The number of aliphatic hydroxyl groups is 1. The van der Waals surface area contributed by atoms with Crippen molar-refractivity contribution >= 4 is 23.3 Å². The predicted molar refractivity (Wildman–Crippen MR) is 87.1 cm³/mol. The summed E-state index contributed by atoms with van der Waals surface area (Å²) in [6.45, 7) is 1.80. The summed E-state index contributed by atoms with van der Waals surface area (Å²) in [5.74, 6) is -0.292. The first-order valence-corrected chi connectivity index (χ1v) is 7.62. The molecule has 0 spiro atoms. The average Bonchev–Trinajstić information content (AvgIpc) is 3.06. The van der Waals surface area contributed by atoms with Crippen LogP contribution in [-0.4, -0.2) is 17.6 Å². The molecule has 2 aromatic rings. The lowest BCUT2D eigenvalue weighted by Crippen LogP contribution is -2.37. The number of nitrogens with one attached hydrogen (secondary N) is 1. The van der Waals surface area contributed by atoms with Gasteiger partial charge in [0.05, 0.1) is 18.2 Å². The van der Waals surface area contributed by atoms with E-state index in [1.165, 1.54) is 17.4 Å². The van der Waals surface area contributed by atoms with Gasteiger partial charge in [0.1, 0.15) is 5.60 Å². The smallest absolute Gasteiger partial charge is 0.244 e. The first kappa shape index (κ1) is 16.0. The fourth-order valence-corrected chi connectivity index (χ4v) is 2.66. The fourth-order valence-electron chi connectivity index (χ4n) is 1.87. The molecule has 0 aliphatic heterocycles. The van der Waals surface area contributed by atoms with E-state index in [1.807, 2.05) is 29.6 Å². The van der Waals surface area contributed by atoms with Crippen LogP contribution >= 0.6 is 11.3 Å². The fraction of sp³-hybridized carbons (Fsp3) is 0.176. The van der Waals surface area contributed by atoms with Crippen LogP contribution in [0.4, 0.5) is 0 Å². The number of carbonyl (C=O) groups excluding carboxylic acids is 1. The van der Waals surface area contributed by atoms with E-state index in [9.17, 15) is 9.90 Å². The summed E-state index contributed by atoms with van der Waals surface area (Å²) in [6, 6.07) is 12.7. The Morgan fingerprint density at radius 2 is 2.27 bits per heavy atom. The molecule has 0 aliphatic carbocycles. The molecule has 0 saturated carbocycles. The summed E-state index contributed by atoms with van der Waals surface area (Å²) in [5.41, 5.74) is 0.237. The minimum atomic E-state index is -1.08. The Balaban J connectivity index is 1.93. The van der Waals surface area contributed by atoms with Crippen LogP contribution in [0.5, 0.6) is 0 Å². The first-order valence-electron chi connectivity index (χ1n) is 6.74. The van der Waals surface area contributed by atoms with E-state index in [4.69, 9.17) is 5.26 Å². The highest BCUT2D eigenvalue weighted by molar-refractivity contribution is 7.10. The summed E-state index contributed by atoms with van der Waals surface area (Å²) < 4.78 is 0. The molecule has 0 bridgehead atoms. The normalized spacial score (nSPS) is 13.5. The van der Waals surface area contributed by atoms with E-state index < -0.39 is 5.60 Å². The van der Waals surface area contributed by atoms with E-state index in [1.54, 1.807) is 31.2 Å². The molecule has 0 saturated heterocycles. The maximum absolute atomic E-state index is 11.8. The molecule has 1 aromatic heterocycles. The Bertz CT molecular complexity index is 713. The standard InChI is InChI=1S/C17H16N2O2S/c1-17(21,15-6-3-9-22-15)12-19-16(20)8-7-13-4-2-5-14(10-13)11-18/h2-10,21H,12H2,1H3,(H,19,20)/b8-7-/t17-/m0/s1. The summed E-state index contributed by atoms with van der Waals surface area (Å²) >= 11 is 1.45. The summed E-state index contributed by atoms with van der Waals surface area (Å²) in [4.78, 5) is 12.6. The van der Waals surface area contributed by atoms with Gasteiger partial charge in [-0.2, -0.15) is 5.26 Å². The molecule has 22 heavy (non-hydrogen) atoms. The molecule has 0 fully saturated rings. The van der Waals surface area contributed by atoms with E-state index in [0.717, 1.165) is 10.4 Å². The zero-order chi connectivity index (χ0) is 16.0. The van der Waals surface area contributed by atoms with Crippen molar-refractivity contribution < 1.29 is 9.90 Å². The molecule has 0 unspecified atom stereocenters. The molecule has 5 heteroatoms. The molecule has 1 aromatic carbocycles. The third-order valence-corrected chi connectivity index (χ3v) is 4.22. The van der Waals surface area contributed by atoms with Gasteiger partial charge in [-0.15, -0.1) is 11.3 Å². The lowest BCUT2D eigenvalue weighted by molar-refractivity contribution is -0.117. The van der Waals surface area contributed by atoms with Crippen LogP contribution in [0, 0.1) is 11.3 Å². The van der Waals surface area contributed by atoms with Crippen molar-refractivity contribution in [3.05, 3.63) is 63.9 Å². The molecular formula is C17H16N2O2S. The Morgan fingerprint density at radius 3 is 2.95 bits per heavy atom. The highest BCUT2D eigenvalue weighted by Crippen LogP contribution is 2.24. The highest BCUT2D eigenvalue weighted by Gasteiger charge is 2.24. The molecule has 4 nitrogen and oxygen atoms in total. The second kappa shape index (κ2) is 7.03. The van der Waals surface area contributed by atoms with Crippen LogP contribution in [0.1, 0.15) is 22.9 Å². The maximum Gasteiger partial charge on any atom is 0.244 e. The lowest BCUT2D eigenvalue weighted by Gasteiger charge is -2.21. The number of benzene rings is 1. The van der Waals surface area contributed by atoms with Crippen molar-refractivity contribution in [2.24, 2.45) is 0 Å². The number of nitriles is 1. The largest absolute Gasteiger partial charge is 0.383 e. The maximum atomic E-state index is 11.8. The van der Waals surface area contributed by atoms with Crippen LogP contribution in [-0.2, 0) is 10.4 Å². The minimum Gasteiger partial charge on any atom is -0.383 e. The molecule has 0 radical (unpaired) electrons.